The van der Waals surface area contributed by atoms with Crippen molar-refractivity contribution >= 4 is 18.7 Å². The van der Waals surface area contributed by atoms with Crippen LogP contribution in [-0.2, 0) is 4.79 Å². The molecule has 0 aromatic carbocycles. The molecule has 76 valence electrons. The molecule has 1 aliphatic heterocycles. The number of nitrogens with one attached hydrogen (secondary N) is 1. The maximum Gasteiger partial charge on any atom is 0.223 e. The van der Waals surface area contributed by atoms with Gasteiger partial charge in [-0.3, -0.25) is 9.10 Å². The molecule has 0 unspecified atom stereocenters. The lowest BCUT2D eigenvalue weighted by atomic mass is 9.97. The molecule has 1 saturated heterocycles. The van der Waals surface area contributed by atoms with Crippen molar-refractivity contribution in [3.05, 3.63) is 0 Å². The molecule has 1 rings (SSSR count). The Balaban J connectivity index is 2.23. The first kappa shape index (κ1) is 10.9. The third-order valence-corrected chi connectivity index (χ3v) is 2.79. The molecule has 0 bridgehead atoms. The largest absolute Gasteiger partial charge is 0.356 e. The van der Waals surface area contributed by atoms with E-state index in [9.17, 15) is 4.79 Å². The second kappa shape index (κ2) is 5.50. The minimum Gasteiger partial charge on any atom is -0.356 e. The van der Waals surface area contributed by atoms with E-state index in [4.69, 9.17) is 0 Å². The summed E-state index contributed by atoms with van der Waals surface area (Å²) in [6.45, 7) is 4.72. The minimum absolute atomic E-state index is 0.218. The SMILES string of the molecule is CCCNC(=O)C1CCN(S)CC1. The third kappa shape index (κ3) is 3.56. The summed E-state index contributed by atoms with van der Waals surface area (Å²) in [4.78, 5) is 11.5. The molecule has 13 heavy (non-hydrogen) atoms. The molecular weight excluding hydrogens is 184 g/mol. The van der Waals surface area contributed by atoms with Crippen LogP contribution in [0.2, 0.25) is 0 Å². The number of nitrogens with zero attached hydrogens (tertiary/aromatic N) is 1. The lowest BCUT2D eigenvalue weighted by Crippen LogP contribution is -2.37. The summed E-state index contributed by atoms with van der Waals surface area (Å²) in [5.74, 6) is 0.443. The molecule has 0 radical (unpaired) electrons. The quantitative estimate of drug-likeness (QED) is 0.671. The molecule has 4 heteroatoms. The van der Waals surface area contributed by atoms with Crippen molar-refractivity contribution in [1.82, 2.24) is 9.62 Å². The van der Waals surface area contributed by atoms with Gasteiger partial charge in [0.2, 0.25) is 5.91 Å². The second-order valence-corrected chi connectivity index (χ2v) is 4.08. The van der Waals surface area contributed by atoms with E-state index >= 15 is 0 Å². The number of piperidine rings is 1. The summed E-state index contributed by atoms with van der Waals surface area (Å²) < 4.78 is 1.98. The molecule has 1 heterocycles. The lowest BCUT2D eigenvalue weighted by molar-refractivity contribution is -0.126. The Morgan fingerprint density at radius 3 is 2.69 bits per heavy atom. The van der Waals surface area contributed by atoms with Gasteiger partial charge in [-0.2, -0.15) is 0 Å². The predicted octanol–water partition coefficient (Wildman–Crippen LogP) is 1.07. The first-order chi connectivity index (χ1) is 6.24. The van der Waals surface area contributed by atoms with Gasteiger partial charge >= 0.3 is 0 Å². The van der Waals surface area contributed by atoms with Gasteiger partial charge in [0.1, 0.15) is 0 Å². The maximum absolute atomic E-state index is 11.5. The highest BCUT2D eigenvalue weighted by molar-refractivity contribution is 7.77. The lowest BCUT2D eigenvalue weighted by Gasteiger charge is -2.26. The molecule has 0 aromatic rings. The normalized spacial score (nSPS) is 20.2. The fourth-order valence-corrected chi connectivity index (χ4v) is 1.75. The number of amides is 1. The van der Waals surface area contributed by atoms with Gasteiger partial charge in [-0.1, -0.05) is 19.7 Å². The molecule has 1 aliphatic rings. The fourth-order valence-electron chi connectivity index (χ4n) is 1.52. The molecular formula is C9H18N2OS. The first-order valence-corrected chi connectivity index (χ1v) is 5.35. The molecule has 1 fully saturated rings. The predicted molar refractivity (Wildman–Crippen MR) is 56.6 cm³/mol. The van der Waals surface area contributed by atoms with Gasteiger partial charge in [0.15, 0.2) is 0 Å². The molecule has 1 amide bonds. The molecule has 0 aliphatic carbocycles. The van der Waals surface area contributed by atoms with Crippen LogP contribution in [0, 0.1) is 5.92 Å². The summed E-state index contributed by atoms with van der Waals surface area (Å²) in [6, 6.07) is 0. The fraction of sp³-hybridized carbons (Fsp3) is 0.889. The average Bonchev–Trinajstić information content (AvgIpc) is 2.15. The van der Waals surface area contributed by atoms with Crippen molar-refractivity contribution < 1.29 is 4.79 Å². The van der Waals surface area contributed by atoms with Crippen LogP contribution in [0.4, 0.5) is 0 Å². The number of thiol groups is 1. The summed E-state index contributed by atoms with van der Waals surface area (Å²) in [5, 5.41) is 2.93. The van der Waals surface area contributed by atoms with Gasteiger partial charge in [-0.15, -0.1) is 0 Å². The van der Waals surface area contributed by atoms with Crippen LogP contribution >= 0.6 is 12.8 Å². The van der Waals surface area contributed by atoms with Crippen molar-refractivity contribution in [3.63, 3.8) is 0 Å². The van der Waals surface area contributed by atoms with Crippen LogP contribution in [0.3, 0.4) is 0 Å². The van der Waals surface area contributed by atoms with E-state index in [1.807, 2.05) is 4.31 Å². The van der Waals surface area contributed by atoms with E-state index in [-0.39, 0.29) is 11.8 Å². The van der Waals surface area contributed by atoms with Crippen molar-refractivity contribution in [1.29, 1.82) is 0 Å². The molecule has 0 saturated carbocycles. The molecule has 0 atom stereocenters. The van der Waals surface area contributed by atoms with Crippen LogP contribution in [0.25, 0.3) is 0 Å². The average molecular weight is 202 g/mol. The Kier molecular flexibility index (Phi) is 4.59. The van der Waals surface area contributed by atoms with Crippen molar-refractivity contribution in [3.8, 4) is 0 Å². The number of hydrogen-bond donors (Lipinski definition) is 2. The monoisotopic (exact) mass is 202 g/mol. The third-order valence-electron chi connectivity index (χ3n) is 2.39. The van der Waals surface area contributed by atoms with Crippen molar-refractivity contribution in [2.75, 3.05) is 19.6 Å². The molecule has 1 N–H and O–H groups in total. The van der Waals surface area contributed by atoms with Gasteiger partial charge in [0.25, 0.3) is 0 Å². The van der Waals surface area contributed by atoms with E-state index in [0.29, 0.717) is 0 Å². The zero-order valence-electron chi connectivity index (χ0n) is 8.12. The van der Waals surface area contributed by atoms with E-state index in [0.717, 1.165) is 38.9 Å². The Bertz CT molecular complexity index is 167. The van der Waals surface area contributed by atoms with Crippen molar-refractivity contribution in [2.45, 2.75) is 26.2 Å². The first-order valence-electron chi connectivity index (χ1n) is 4.95. The molecule has 3 nitrogen and oxygen atoms in total. The highest BCUT2D eigenvalue weighted by Crippen LogP contribution is 2.17. The summed E-state index contributed by atoms with van der Waals surface area (Å²) in [7, 11) is 0. The Hall–Kier alpha value is -0.220. The summed E-state index contributed by atoms with van der Waals surface area (Å²) in [6.07, 6.45) is 2.90. The molecule has 0 aromatic heterocycles. The van der Waals surface area contributed by atoms with Crippen LogP contribution < -0.4 is 5.32 Å². The van der Waals surface area contributed by atoms with E-state index < -0.39 is 0 Å². The smallest absolute Gasteiger partial charge is 0.223 e. The minimum atomic E-state index is 0.218. The van der Waals surface area contributed by atoms with Crippen LogP contribution in [-0.4, -0.2) is 29.8 Å². The maximum atomic E-state index is 11.5. The second-order valence-electron chi connectivity index (χ2n) is 3.52. The highest BCUT2D eigenvalue weighted by atomic mass is 32.1. The van der Waals surface area contributed by atoms with Gasteiger partial charge in [0.05, 0.1) is 0 Å². The Morgan fingerprint density at radius 1 is 1.54 bits per heavy atom. The van der Waals surface area contributed by atoms with Gasteiger partial charge < -0.3 is 5.32 Å². The zero-order chi connectivity index (χ0) is 9.68. The highest BCUT2D eigenvalue weighted by Gasteiger charge is 2.22. The Labute approximate surface area is 85.4 Å². The van der Waals surface area contributed by atoms with Crippen LogP contribution in [0.15, 0.2) is 0 Å². The van der Waals surface area contributed by atoms with Gasteiger partial charge in [0, 0.05) is 25.6 Å². The summed E-state index contributed by atoms with van der Waals surface area (Å²) in [5.41, 5.74) is 0. The number of carbonyl (C=O) groups is 1. The van der Waals surface area contributed by atoms with E-state index in [2.05, 4.69) is 25.1 Å². The topological polar surface area (TPSA) is 32.3 Å². The van der Waals surface area contributed by atoms with Gasteiger partial charge in [-0.05, 0) is 19.3 Å². The van der Waals surface area contributed by atoms with E-state index in [1.54, 1.807) is 0 Å². The van der Waals surface area contributed by atoms with Crippen LogP contribution in [0.5, 0.6) is 0 Å². The van der Waals surface area contributed by atoms with Gasteiger partial charge in [-0.25, -0.2) is 0 Å². The standard InChI is InChI=1S/C9H18N2OS/c1-2-5-10-9(12)8-3-6-11(13)7-4-8/h8,13H,2-7H2,1H3,(H,10,12). The zero-order valence-corrected chi connectivity index (χ0v) is 9.02. The summed E-state index contributed by atoms with van der Waals surface area (Å²) >= 11 is 4.24. The van der Waals surface area contributed by atoms with E-state index in [1.165, 1.54) is 0 Å². The van der Waals surface area contributed by atoms with Crippen molar-refractivity contribution in [2.24, 2.45) is 5.92 Å². The Morgan fingerprint density at radius 2 is 2.15 bits per heavy atom. The number of carbonyl (C=O) groups excluding carboxylic acids is 1. The number of hydrogen-bond acceptors (Lipinski definition) is 3. The van der Waals surface area contributed by atoms with Crippen LogP contribution in [0.1, 0.15) is 26.2 Å². The molecule has 0 spiro atoms. The number of rotatable bonds is 3.